The highest BCUT2D eigenvalue weighted by Gasteiger charge is 2.09. The molecule has 0 aliphatic heterocycles. The molecule has 1 aromatic heterocycles. The molecule has 0 aromatic carbocycles. The number of carbonyl (C=O) groups excluding carboxylic acids is 2. The van der Waals surface area contributed by atoms with E-state index < -0.39 is 5.97 Å². The summed E-state index contributed by atoms with van der Waals surface area (Å²) >= 11 is 0. The van der Waals surface area contributed by atoms with Gasteiger partial charge in [-0.05, 0) is 38.2 Å². The molecule has 2 rings (SSSR count). The lowest BCUT2D eigenvalue weighted by molar-refractivity contribution is -0.149. The maximum absolute atomic E-state index is 11.6. The third kappa shape index (κ3) is 5.81. The van der Waals surface area contributed by atoms with Gasteiger partial charge in [0.2, 0.25) is 0 Å². The van der Waals surface area contributed by atoms with Crippen molar-refractivity contribution in [2.24, 2.45) is 0 Å². The third-order valence-electron chi connectivity index (χ3n) is 3.37. The van der Waals surface area contributed by atoms with E-state index in [9.17, 15) is 9.59 Å². The summed E-state index contributed by atoms with van der Waals surface area (Å²) in [6, 6.07) is 1.72. The first-order valence-corrected chi connectivity index (χ1v) is 7.32. The molecule has 1 N–H and O–H groups in total. The number of carbonyl (C=O) groups is 2. The van der Waals surface area contributed by atoms with Crippen LogP contribution in [0.2, 0.25) is 0 Å². The van der Waals surface area contributed by atoms with Crippen LogP contribution in [-0.2, 0) is 20.9 Å². The number of hydrogen-bond acceptors (Lipinski definition) is 4. The van der Waals surface area contributed by atoms with Gasteiger partial charge >= 0.3 is 5.97 Å². The van der Waals surface area contributed by atoms with Crippen LogP contribution in [0.1, 0.15) is 32.1 Å². The number of aromatic nitrogens is 2. The highest BCUT2D eigenvalue weighted by atomic mass is 16.5. The molecule has 114 valence electrons. The zero-order valence-corrected chi connectivity index (χ0v) is 12.1. The van der Waals surface area contributed by atoms with E-state index in [0.717, 1.165) is 19.3 Å². The molecule has 0 spiro atoms. The molecule has 6 heteroatoms. The van der Waals surface area contributed by atoms with E-state index in [4.69, 9.17) is 4.74 Å². The minimum absolute atomic E-state index is 0.0210. The Morgan fingerprint density at radius 1 is 1.38 bits per heavy atom. The fourth-order valence-electron chi connectivity index (χ4n) is 2.26. The molecule has 0 fully saturated rings. The number of allylic oxidation sites excluding steroid dienone is 1. The average Bonchev–Trinajstić information content (AvgIpc) is 2.99. The van der Waals surface area contributed by atoms with Gasteiger partial charge in [0.25, 0.3) is 5.91 Å². The molecule has 0 saturated heterocycles. The number of esters is 1. The Morgan fingerprint density at radius 2 is 2.29 bits per heavy atom. The van der Waals surface area contributed by atoms with Crippen molar-refractivity contribution < 1.29 is 14.3 Å². The first kappa shape index (κ1) is 15.3. The lowest BCUT2D eigenvalue weighted by Crippen LogP contribution is -2.30. The summed E-state index contributed by atoms with van der Waals surface area (Å²) in [6.45, 7) is 0.383. The number of nitrogens with zero attached hydrogens (tertiary/aromatic N) is 2. The van der Waals surface area contributed by atoms with E-state index in [0.29, 0.717) is 6.54 Å². The van der Waals surface area contributed by atoms with Gasteiger partial charge in [-0.15, -0.1) is 0 Å². The quantitative estimate of drug-likeness (QED) is 0.609. The second-order valence-corrected chi connectivity index (χ2v) is 5.07. The molecule has 1 heterocycles. The largest absolute Gasteiger partial charge is 0.454 e. The summed E-state index contributed by atoms with van der Waals surface area (Å²) in [6.07, 6.45) is 11.2. The number of ether oxygens (including phenoxy) is 1. The first-order valence-electron chi connectivity index (χ1n) is 7.32. The Kier molecular flexibility index (Phi) is 5.99. The van der Waals surface area contributed by atoms with Crippen LogP contribution < -0.4 is 5.32 Å². The molecule has 0 atom stereocenters. The molecule has 1 aromatic rings. The normalized spacial score (nSPS) is 14.4. The van der Waals surface area contributed by atoms with E-state index >= 15 is 0 Å². The summed E-state index contributed by atoms with van der Waals surface area (Å²) in [7, 11) is 0. The zero-order valence-electron chi connectivity index (χ0n) is 12.1. The van der Waals surface area contributed by atoms with Gasteiger partial charge in [0.15, 0.2) is 6.61 Å². The van der Waals surface area contributed by atoms with E-state index in [-0.39, 0.29) is 19.1 Å². The molecule has 6 nitrogen and oxygen atoms in total. The Morgan fingerprint density at radius 3 is 3.00 bits per heavy atom. The molecular formula is C15H21N3O3. The summed E-state index contributed by atoms with van der Waals surface area (Å²) < 4.78 is 6.35. The van der Waals surface area contributed by atoms with Gasteiger partial charge < -0.3 is 10.1 Å². The number of amides is 1. The van der Waals surface area contributed by atoms with Crippen LogP contribution in [0, 0.1) is 0 Å². The van der Waals surface area contributed by atoms with Gasteiger partial charge in [-0.25, -0.2) is 0 Å². The highest BCUT2D eigenvalue weighted by molar-refractivity contribution is 5.80. The van der Waals surface area contributed by atoms with Crippen LogP contribution in [0.15, 0.2) is 30.1 Å². The molecule has 1 aliphatic rings. The van der Waals surface area contributed by atoms with Crippen molar-refractivity contribution in [3.8, 4) is 0 Å². The van der Waals surface area contributed by atoms with E-state index in [1.165, 1.54) is 23.1 Å². The Labute approximate surface area is 124 Å². The van der Waals surface area contributed by atoms with Gasteiger partial charge in [-0.3, -0.25) is 14.3 Å². The van der Waals surface area contributed by atoms with E-state index in [1.54, 1.807) is 18.5 Å². The first-order chi connectivity index (χ1) is 10.2. The van der Waals surface area contributed by atoms with Crippen molar-refractivity contribution in [2.45, 2.75) is 38.6 Å². The van der Waals surface area contributed by atoms with Crippen molar-refractivity contribution in [3.63, 3.8) is 0 Å². The molecule has 1 aliphatic carbocycles. The average molecular weight is 291 g/mol. The fraction of sp³-hybridized carbons (Fsp3) is 0.533. The Hall–Kier alpha value is -2.11. The highest BCUT2D eigenvalue weighted by Crippen LogP contribution is 2.19. The predicted molar refractivity (Wildman–Crippen MR) is 77.4 cm³/mol. The van der Waals surface area contributed by atoms with Crippen LogP contribution in [0.25, 0.3) is 0 Å². The van der Waals surface area contributed by atoms with Crippen molar-refractivity contribution in [2.75, 3.05) is 13.2 Å². The maximum atomic E-state index is 11.6. The van der Waals surface area contributed by atoms with Crippen LogP contribution in [0.3, 0.4) is 0 Å². The van der Waals surface area contributed by atoms with Gasteiger partial charge in [0.1, 0.15) is 6.54 Å². The minimum Gasteiger partial charge on any atom is -0.454 e. The monoisotopic (exact) mass is 291 g/mol. The lowest BCUT2D eigenvalue weighted by Gasteiger charge is -2.13. The summed E-state index contributed by atoms with van der Waals surface area (Å²) in [5.41, 5.74) is 1.41. The second kappa shape index (κ2) is 8.24. The van der Waals surface area contributed by atoms with Gasteiger partial charge in [-0.1, -0.05) is 11.6 Å². The summed E-state index contributed by atoms with van der Waals surface area (Å²) in [4.78, 5) is 23.0. The van der Waals surface area contributed by atoms with Crippen molar-refractivity contribution in [3.05, 3.63) is 30.1 Å². The van der Waals surface area contributed by atoms with Crippen LogP contribution in [-0.4, -0.2) is 34.8 Å². The number of hydrogen-bond donors (Lipinski definition) is 1. The molecule has 1 amide bonds. The van der Waals surface area contributed by atoms with Gasteiger partial charge in [0, 0.05) is 18.9 Å². The summed E-state index contributed by atoms with van der Waals surface area (Å²) in [5.74, 6) is -0.732. The summed E-state index contributed by atoms with van der Waals surface area (Å²) in [5, 5.41) is 6.66. The van der Waals surface area contributed by atoms with Gasteiger partial charge in [-0.2, -0.15) is 5.10 Å². The van der Waals surface area contributed by atoms with Crippen LogP contribution in [0.4, 0.5) is 0 Å². The predicted octanol–water partition coefficient (Wildman–Crippen LogP) is 1.43. The molecule has 0 radical (unpaired) electrons. The molecule has 0 bridgehead atoms. The number of rotatable bonds is 7. The minimum atomic E-state index is -0.469. The van der Waals surface area contributed by atoms with Crippen molar-refractivity contribution in [1.29, 1.82) is 0 Å². The Balaban J connectivity index is 1.56. The smallest absolute Gasteiger partial charge is 0.328 e. The third-order valence-corrected chi connectivity index (χ3v) is 3.37. The molecule has 21 heavy (non-hydrogen) atoms. The molecular weight excluding hydrogens is 270 g/mol. The zero-order chi connectivity index (χ0) is 14.9. The van der Waals surface area contributed by atoms with Crippen molar-refractivity contribution in [1.82, 2.24) is 15.1 Å². The molecule has 0 saturated carbocycles. The SMILES string of the molecule is O=C(COC(=O)Cn1cccn1)NCCC1=CCCCC1. The van der Waals surface area contributed by atoms with Gasteiger partial charge in [0.05, 0.1) is 0 Å². The Bertz CT molecular complexity index is 494. The lowest BCUT2D eigenvalue weighted by atomic mass is 9.97. The fourth-order valence-corrected chi connectivity index (χ4v) is 2.26. The van der Waals surface area contributed by atoms with E-state index in [2.05, 4.69) is 16.5 Å². The van der Waals surface area contributed by atoms with Crippen LogP contribution >= 0.6 is 0 Å². The van der Waals surface area contributed by atoms with Crippen LogP contribution in [0.5, 0.6) is 0 Å². The second-order valence-electron chi connectivity index (χ2n) is 5.07. The van der Waals surface area contributed by atoms with E-state index in [1.807, 2.05) is 0 Å². The van der Waals surface area contributed by atoms with Crippen molar-refractivity contribution >= 4 is 11.9 Å². The standard InChI is InChI=1S/C15H21N3O3/c19-14(16-9-7-13-5-2-1-3-6-13)12-21-15(20)11-18-10-4-8-17-18/h4-5,8,10H,1-3,6-7,9,11-12H2,(H,16,19). The molecule has 0 unspecified atom stereocenters. The maximum Gasteiger partial charge on any atom is 0.328 e. The number of nitrogens with one attached hydrogen (secondary N) is 1. The topological polar surface area (TPSA) is 73.2 Å².